The Morgan fingerprint density at radius 1 is 1.23 bits per heavy atom. The standard InChI is InChI=1S/C21H28N4O/c1-16-14-23-20(18-9-10-18)25(16)19-8-5-13-24(15-19)21(26)22-12-11-17-6-3-2-4-7-17/h2-4,6-7,14,18-19H,5,8-13,15H2,1H3,(H,22,26). The largest absolute Gasteiger partial charge is 0.338 e. The van der Waals surface area contributed by atoms with Crippen molar-refractivity contribution in [3.8, 4) is 0 Å². The van der Waals surface area contributed by atoms with Crippen LogP contribution in [0, 0.1) is 6.92 Å². The molecule has 1 aliphatic carbocycles. The SMILES string of the molecule is Cc1cnc(C2CC2)n1C1CCCN(C(=O)NCCc2ccccc2)C1. The maximum absolute atomic E-state index is 12.6. The van der Waals surface area contributed by atoms with Gasteiger partial charge in [0.15, 0.2) is 0 Å². The number of carbonyl (C=O) groups excluding carboxylic acids is 1. The third-order valence-corrected chi connectivity index (χ3v) is 5.53. The van der Waals surface area contributed by atoms with Crippen molar-refractivity contribution in [3.05, 3.63) is 53.6 Å². The molecule has 0 spiro atoms. The molecule has 1 aliphatic heterocycles. The fourth-order valence-corrected chi connectivity index (χ4v) is 4.00. The zero-order chi connectivity index (χ0) is 17.9. The Balaban J connectivity index is 1.34. The first-order chi connectivity index (χ1) is 12.7. The molecule has 0 radical (unpaired) electrons. The highest BCUT2D eigenvalue weighted by molar-refractivity contribution is 5.74. The summed E-state index contributed by atoms with van der Waals surface area (Å²) >= 11 is 0. The maximum atomic E-state index is 12.6. The molecular weight excluding hydrogens is 324 g/mol. The van der Waals surface area contributed by atoms with Gasteiger partial charge in [0.05, 0.1) is 6.04 Å². The van der Waals surface area contributed by atoms with Gasteiger partial charge in [0.2, 0.25) is 0 Å². The van der Waals surface area contributed by atoms with E-state index in [0.29, 0.717) is 18.5 Å². The minimum absolute atomic E-state index is 0.0661. The number of hydrogen-bond donors (Lipinski definition) is 1. The van der Waals surface area contributed by atoms with Gasteiger partial charge in [0.25, 0.3) is 0 Å². The highest BCUT2D eigenvalue weighted by atomic mass is 16.2. The van der Waals surface area contributed by atoms with Gasteiger partial charge in [0.1, 0.15) is 5.82 Å². The van der Waals surface area contributed by atoms with Gasteiger partial charge in [0, 0.05) is 37.4 Å². The first kappa shape index (κ1) is 17.1. The normalized spacial score (nSPS) is 20.2. The Bertz CT molecular complexity index is 751. The van der Waals surface area contributed by atoms with Crippen molar-refractivity contribution in [1.82, 2.24) is 19.8 Å². The van der Waals surface area contributed by atoms with Crippen molar-refractivity contribution in [2.75, 3.05) is 19.6 Å². The predicted molar refractivity (Wildman–Crippen MR) is 102 cm³/mol. The van der Waals surface area contributed by atoms with Gasteiger partial charge >= 0.3 is 6.03 Å². The van der Waals surface area contributed by atoms with Gasteiger partial charge in [-0.25, -0.2) is 9.78 Å². The van der Waals surface area contributed by atoms with Gasteiger partial charge < -0.3 is 14.8 Å². The van der Waals surface area contributed by atoms with E-state index in [-0.39, 0.29) is 6.03 Å². The summed E-state index contributed by atoms with van der Waals surface area (Å²) in [5.74, 6) is 1.87. The Hall–Kier alpha value is -2.30. The molecule has 4 rings (SSSR count). The van der Waals surface area contributed by atoms with E-state index in [9.17, 15) is 4.79 Å². The van der Waals surface area contributed by atoms with Gasteiger partial charge in [-0.1, -0.05) is 30.3 Å². The van der Waals surface area contributed by atoms with E-state index in [0.717, 1.165) is 32.4 Å². The molecule has 2 aliphatic rings. The summed E-state index contributed by atoms with van der Waals surface area (Å²) in [4.78, 5) is 19.2. The summed E-state index contributed by atoms with van der Waals surface area (Å²) in [6, 6.07) is 10.7. The number of amides is 2. The molecule has 2 aromatic rings. The first-order valence-electron chi connectivity index (χ1n) is 9.83. The average Bonchev–Trinajstić information content (AvgIpc) is 3.44. The number of urea groups is 1. The lowest BCUT2D eigenvalue weighted by atomic mass is 10.0. The number of aryl methyl sites for hydroxylation is 1. The van der Waals surface area contributed by atoms with Crippen LogP contribution in [0.15, 0.2) is 36.5 Å². The predicted octanol–water partition coefficient (Wildman–Crippen LogP) is 3.66. The third kappa shape index (κ3) is 3.76. The lowest BCUT2D eigenvalue weighted by molar-refractivity contribution is 0.165. The molecule has 1 saturated carbocycles. The number of nitrogens with one attached hydrogen (secondary N) is 1. The van der Waals surface area contributed by atoms with Crippen LogP contribution in [-0.2, 0) is 6.42 Å². The number of rotatable bonds is 5. The molecule has 26 heavy (non-hydrogen) atoms. The molecule has 1 aromatic heterocycles. The summed E-state index contributed by atoms with van der Waals surface area (Å²) < 4.78 is 2.40. The second-order valence-corrected chi connectivity index (χ2v) is 7.61. The lowest BCUT2D eigenvalue weighted by Gasteiger charge is -2.34. The molecule has 1 aromatic carbocycles. The molecule has 2 heterocycles. The van der Waals surface area contributed by atoms with Crippen molar-refractivity contribution in [2.45, 2.75) is 51.0 Å². The number of imidazole rings is 1. The van der Waals surface area contributed by atoms with E-state index in [1.807, 2.05) is 29.3 Å². The van der Waals surface area contributed by atoms with E-state index < -0.39 is 0 Å². The van der Waals surface area contributed by atoms with Crippen LogP contribution >= 0.6 is 0 Å². The minimum Gasteiger partial charge on any atom is -0.338 e. The van der Waals surface area contributed by atoms with E-state index in [1.54, 1.807) is 0 Å². The van der Waals surface area contributed by atoms with Crippen LogP contribution in [0.3, 0.4) is 0 Å². The monoisotopic (exact) mass is 352 g/mol. The molecule has 5 nitrogen and oxygen atoms in total. The second kappa shape index (κ2) is 7.52. The molecule has 138 valence electrons. The summed E-state index contributed by atoms with van der Waals surface area (Å²) in [5, 5.41) is 3.09. The summed E-state index contributed by atoms with van der Waals surface area (Å²) in [5.41, 5.74) is 2.48. The summed E-state index contributed by atoms with van der Waals surface area (Å²) in [6.07, 6.45) is 7.56. The maximum Gasteiger partial charge on any atom is 0.317 e. The van der Waals surface area contributed by atoms with E-state index in [2.05, 4.69) is 33.9 Å². The van der Waals surface area contributed by atoms with Crippen LogP contribution in [0.4, 0.5) is 4.79 Å². The van der Waals surface area contributed by atoms with E-state index in [4.69, 9.17) is 0 Å². The smallest absolute Gasteiger partial charge is 0.317 e. The highest BCUT2D eigenvalue weighted by Gasteiger charge is 2.33. The number of aromatic nitrogens is 2. The van der Waals surface area contributed by atoms with E-state index in [1.165, 1.54) is 29.9 Å². The molecule has 5 heteroatoms. The Kier molecular flexibility index (Phi) is 4.96. The fourth-order valence-electron chi connectivity index (χ4n) is 4.00. The van der Waals surface area contributed by atoms with Crippen LogP contribution in [0.2, 0.25) is 0 Å². The Morgan fingerprint density at radius 3 is 2.81 bits per heavy atom. The molecule has 2 amide bonds. The van der Waals surface area contributed by atoms with Crippen molar-refractivity contribution >= 4 is 6.03 Å². The topological polar surface area (TPSA) is 50.2 Å². The number of likely N-dealkylation sites (tertiary alicyclic amines) is 1. The number of hydrogen-bond acceptors (Lipinski definition) is 2. The molecule has 1 N–H and O–H groups in total. The van der Waals surface area contributed by atoms with Crippen LogP contribution in [0.25, 0.3) is 0 Å². The quantitative estimate of drug-likeness (QED) is 0.893. The molecular formula is C21H28N4O. The van der Waals surface area contributed by atoms with Crippen molar-refractivity contribution in [1.29, 1.82) is 0 Å². The van der Waals surface area contributed by atoms with Crippen molar-refractivity contribution < 1.29 is 4.79 Å². The average molecular weight is 352 g/mol. The van der Waals surface area contributed by atoms with Crippen LogP contribution in [0.5, 0.6) is 0 Å². The van der Waals surface area contributed by atoms with Gasteiger partial charge in [-0.05, 0) is 44.6 Å². The molecule has 1 unspecified atom stereocenters. The third-order valence-electron chi connectivity index (χ3n) is 5.53. The molecule has 2 fully saturated rings. The van der Waals surface area contributed by atoms with Crippen molar-refractivity contribution in [2.24, 2.45) is 0 Å². The molecule has 0 bridgehead atoms. The van der Waals surface area contributed by atoms with Crippen LogP contribution in [-0.4, -0.2) is 40.1 Å². The summed E-state index contributed by atoms with van der Waals surface area (Å²) in [7, 11) is 0. The molecule has 1 saturated heterocycles. The minimum atomic E-state index is 0.0661. The van der Waals surface area contributed by atoms with E-state index >= 15 is 0 Å². The van der Waals surface area contributed by atoms with Gasteiger partial charge in [-0.2, -0.15) is 0 Å². The zero-order valence-electron chi connectivity index (χ0n) is 15.5. The summed E-state index contributed by atoms with van der Waals surface area (Å²) in [6.45, 7) is 4.45. The highest BCUT2D eigenvalue weighted by Crippen LogP contribution is 2.41. The number of piperidine rings is 1. The zero-order valence-corrected chi connectivity index (χ0v) is 15.5. The van der Waals surface area contributed by atoms with Crippen molar-refractivity contribution in [3.63, 3.8) is 0 Å². The number of carbonyl (C=O) groups is 1. The fraction of sp³-hybridized carbons (Fsp3) is 0.524. The van der Waals surface area contributed by atoms with Crippen LogP contribution in [0.1, 0.15) is 54.7 Å². The van der Waals surface area contributed by atoms with Gasteiger partial charge in [-0.3, -0.25) is 0 Å². The van der Waals surface area contributed by atoms with Gasteiger partial charge in [-0.15, -0.1) is 0 Å². The first-order valence-corrected chi connectivity index (χ1v) is 9.83. The molecule has 1 atom stereocenters. The lowest BCUT2D eigenvalue weighted by Crippen LogP contribution is -2.46. The van der Waals surface area contributed by atoms with Crippen LogP contribution < -0.4 is 5.32 Å². The Labute approximate surface area is 155 Å². The second-order valence-electron chi connectivity index (χ2n) is 7.61. The Morgan fingerprint density at radius 2 is 2.04 bits per heavy atom. The number of nitrogens with zero attached hydrogens (tertiary/aromatic N) is 3. The number of benzene rings is 1.